The highest BCUT2D eigenvalue weighted by molar-refractivity contribution is 5.81. The Labute approximate surface area is 155 Å². The summed E-state index contributed by atoms with van der Waals surface area (Å²) in [6.07, 6.45) is 7.14. The lowest BCUT2D eigenvalue weighted by molar-refractivity contribution is -0.171. The van der Waals surface area contributed by atoms with Crippen LogP contribution in [0.25, 0.3) is 0 Å². The zero-order chi connectivity index (χ0) is 18.1. The second kappa shape index (κ2) is 7.25. The van der Waals surface area contributed by atoms with Crippen molar-refractivity contribution in [1.29, 1.82) is 0 Å². The summed E-state index contributed by atoms with van der Waals surface area (Å²) in [5, 5.41) is 7.38. The molecule has 0 aromatic rings. The van der Waals surface area contributed by atoms with Crippen LogP contribution in [0.3, 0.4) is 0 Å². The van der Waals surface area contributed by atoms with Crippen LogP contribution in [0, 0.1) is 11.3 Å². The molecule has 2 aliphatic heterocycles. The second-order valence-electron chi connectivity index (χ2n) is 8.15. The fourth-order valence-electron chi connectivity index (χ4n) is 5.42. The number of fused-ring (bicyclic) bond motifs is 2. The maximum absolute atomic E-state index is 11.6. The molecule has 4 fully saturated rings. The quantitative estimate of drug-likeness (QED) is 0.589. The van der Waals surface area contributed by atoms with Crippen molar-refractivity contribution < 1.29 is 14.3 Å². The molecule has 3 unspecified atom stereocenters. The second-order valence-corrected chi connectivity index (χ2v) is 8.15. The fourth-order valence-corrected chi connectivity index (χ4v) is 5.42. The lowest BCUT2D eigenvalue weighted by Crippen LogP contribution is -2.72. The van der Waals surface area contributed by atoms with Crippen molar-refractivity contribution in [2.45, 2.75) is 63.6 Å². The van der Waals surface area contributed by atoms with E-state index in [0.717, 1.165) is 45.0 Å². The number of piperidine rings is 1. The molecule has 7 nitrogen and oxygen atoms in total. The molecule has 3 atom stereocenters. The number of likely N-dealkylation sites (tertiary alicyclic amines) is 1. The third kappa shape index (κ3) is 2.94. The molecule has 2 aliphatic carbocycles. The van der Waals surface area contributed by atoms with Gasteiger partial charge in [0.25, 0.3) is 0 Å². The number of amides is 1. The van der Waals surface area contributed by atoms with Crippen LogP contribution >= 0.6 is 0 Å². The molecule has 4 rings (SSSR count). The molecule has 2 saturated carbocycles. The summed E-state index contributed by atoms with van der Waals surface area (Å²) in [4.78, 5) is 18.1. The van der Waals surface area contributed by atoms with Gasteiger partial charge in [-0.05, 0) is 39.0 Å². The predicted octanol–water partition coefficient (Wildman–Crippen LogP) is 1.73. The van der Waals surface area contributed by atoms with E-state index < -0.39 is 0 Å². The van der Waals surface area contributed by atoms with Crippen molar-refractivity contribution in [3.63, 3.8) is 0 Å². The Hall–Kier alpha value is -1.50. The van der Waals surface area contributed by atoms with Crippen LogP contribution in [0.2, 0.25) is 0 Å². The highest BCUT2D eigenvalue weighted by Gasteiger charge is 2.66. The average Bonchev–Trinajstić information content (AvgIpc) is 3.03. The first-order valence-corrected chi connectivity index (χ1v) is 10.2. The Morgan fingerprint density at radius 2 is 2.04 bits per heavy atom. The molecule has 2 N–H and O–H groups in total. The van der Waals surface area contributed by atoms with Crippen LogP contribution in [0.1, 0.15) is 45.4 Å². The standard InChI is InChI=1S/C19H32N4O3/c1-3-20-17(21-13-5-10-23(11-6-13)18(24)25-2)22-15-14-7-12-26-16(14)19(15)8-4-9-19/h13-16H,3-12H2,1-2H3,(H2,20,21,22). The van der Waals surface area contributed by atoms with E-state index in [9.17, 15) is 4.79 Å². The fraction of sp³-hybridized carbons (Fsp3) is 0.895. The molecule has 146 valence electrons. The summed E-state index contributed by atoms with van der Waals surface area (Å²) >= 11 is 0. The molecule has 0 radical (unpaired) electrons. The van der Waals surface area contributed by atoms with E-state index in [1.807, 2.05) is 0 Å². The van der Waals surface area contributed by atoms with E-state index >= 15 is 0 Å². The number of nitrogens with zero attached hydrogens (tertiary/aromatic N) is 2. The van der Waals surface area contributed by atoms with Crippen molar-refractivity contribution in [3.8, 4) is 0 Å². The molecule has 1 spiro atoms. The largest absolute Gasteiger partial charge is 0.453 e. The monoisotopic (exact) mass is 364 g/mol. The summed E-state index contributed by atoms with van der Waals surface area (Å²) in [5.41, 5.74) is 0.353. The van der Waals surface area contributed by atoms with Crippen LogP contribution < -0.4 is 10.6 Å². The number of carbonyl (C=O) groups is 1. The normalized spacial score (nSPS) is 33.2. The number of carbonyl (C=O) groups excluding carboxylic acids is 1. The van der Waals surface area contributed by atoms with Gasteiger partial charge in [-0.3, -0.25) is 4.99 Å². The number of nitrogens with one attached hydrogen (secondary N) is 2. The number of ether oxygens (including phenoxy) is 2. The number of aliphatic imine (C=N–C) groups is 1. The first-order chi connectivity index (χ1) is 12.7. The van der Waals surface area contributed by atoms with Gasteiger partial charge in [0.05, 0.1) is 13.2 Å². The minimum absolute atomic E-state index is 0.224. The van der Waals surface area contributed by atoms with Gasteiger partial charge >= 0.3 is 6.09 Å². The molecule has 1 amide bonds. The molecule has 0 aromatic heterocycles. The maximum Gasteiger partial charge on any atom is 0.409 e. The summed E-state index contributed by atoms with van der Waals surface area (Å²) in [5.74, 6) is 1.57. The van der Waals surface area contributed by atoms with Gasteiger partial charge < -0.3 is 25.0 Å². The molecule has 26 heavy (non-hydrogen) atoms. The Morgan fingerprint density at radius 3 is 2.65 bits per heavy atom. The lowest BCUT2D eigenvalue weighted by atomic mass is 9.46. The first kappa shape index (κ1) is 17.9. The van der Waals surface area contributed by atoms with Crippen molar-refractivity contribution in [3.05, 3.63) is 0 Å². The molecule has 2 saturated heterocycles. The van der Waals surface area contributed by atoms with Crippen LogP contribution in [-0.2, 0) is 9.47 Å². The third-order valence-corrected chi connectivity index (χ3v) is 6.91. The highest BCUT2D eigenvalue weighted by atomic mass is 16.5. The molecular weight excluding hydrogens is 332 g/mol. The van der Waals surface area contributed by atoms with E-state index in [1.165, 1.54) is 32.8 Å². The van der Waals surface area contributed by atoms with E-state index in [0.29, 0.717) is 29.5 Å². The molecule has 0 bridgehead atoms. The first-order valence-electron chi connectivity index (χ1n) is 10.2. The Kier molecular flexibility index (Phi) is 4.99. The van der Waals surface area contributed by atoms with Gasteiger partial charge in [-0.25, -0.2) is 4.79 Å². The van der Waals surface area contributed by atoms with Gasteiger partial charge in [0, 0.05) is 49.7 Å². The number of hydrogen-bond donors (Lipinski definition) is 2. The molecule has 7 heteroatoms. The lowest BCUT2D eigenvalue weighted by Gasteiger charge is -2.63. The van der Waals surface area contributed by atoms with E-state index in [-0.39, 0.29) is 6.09 Å². The van der Waals surface area contributed by atoms with Crippen LogP contribution in [0.5, 0.6) is 0 Å². The molecule has 2 heterocycles. The number of guanidine groups is 1. The minimum Gasteiger partial charge on any atom is -0.453 e. The predicted molar refractivity (Wildman–Crippen MR) is 99.2 cm³/mol. The Bertz CT molecular complexity index is 555. The SMILES string of the molecule is CCN=C(NC1CCN(C(=O)OC)CC1)NC1C2CCOC2C12CCC2. The molecular formula is C19H32N4O3. The van der Waals surface area contributed by atoms with E-state index in [2.05, 4.69) is 17.6 Å². The summed E-state index contributed by atoms with van der Waals surface area (Å²) in [6, 6.07) is 0.846. The topological polar surface area (TPSA) is 75.2 Å². The van der Waals surface area contributed by atoms with Gasteiger partial charge in [-0.2, -0.15) is 0 Å². The van der Waals surface area contributed by atoms with Crippen LogP contribution in [0.15, 0.2) is 4.99 Å². The van der Waals surface area contributed by atoms with Gasteiger partial charge in [0.2, 0.25) is 0 Å². The van der Waals surface area contributed by atoms with Gasteiger partial charge in [-0.15, -0.1) is 0 Å². The minimum atomic E-state index is -0.224. The van der Waals surface area contributed by atoms with Crippen LogP contribution in [0.4, 0.5) is 4.79 Å². The van der Waals surface area contributed by atoms with Crippen molar-refractivity contribution >= 4 is 12.1 Å². The number of rotatable bonds is 3. The van der Waals surface area contributed by atoms with Crippen molar-refractivity contribution in [1.82, 2.24) is 15.5 Å². The Morgan fingerprint density at radius 1 is 1.27 bits per heavy atom. The number of hydrogen-bond acceptors (Lipinski definition) is 4. The smallest absolute Gasteiger partial charge is 0.409 e. The van der Waals surface area contributed by atoms with E-state index in [4.69, 9.17) is 14.5 Å². The molecule has 4 aliphatic rings. The zero-order valence-electron chi connectivity index (χ0n) is 16.0. The zero-order valence-corrected chi connectivity index (χ0v) is 16.0. The number of methoxy groups -OCH3 is 1. The highest BCUT2D eigenvalue weighted by Crippen LogP contribution is 2.62. The summed E-state index contributed by atoms with van der Waals surface area (Å²) in [6.45, 7) is 5.21. The van der Waals surface area contributed by atoms with Crippen molar-refractivity contribution in [2.75, 3.05) is 33.4 Å². The third-order valence-electron chi connectivity index (χ3n) is 6.91. The maximum atomic E-state index is 11.6. The average molecular weight is 364 g/mol. The summed E-state index contributed by atoms with van der Waals surface area (Å²) < 4.78 is 10.8. The van der Waals surface area contributed by atoms with E-state index in [1.54, 1.807) is 4.90 Å². The van der Waals surface area contributed by atoms with Crippen LogP contribution in [-0.4, -0.2) is 68.5 Å². The summed E-state index contributed by atoms with van der Waals surface area (Å²) in [7, 11) is 1.44. The van der Waals surface area contributed by atoms with Gasteiger partial charge in [-0.1, -0.05) is 6.42 Å². The van der Waals surface area contributed by atoms with Gasteiger partial charge in [0.1, 0.15) is 0 Å². The van der Waals surface area contributed by atoms with Crippen molar-refractivity contribution in [2.24, 2.45) is 16.3 Å². The Balaban J connectivity index is 1.34. The molecule has 0 aromatic carbocycles. The van der Waals surface area contributed by atoms with Gasteiger partial charge in [0.15, 0.2) is 5.96 Å².